The van der Waals surface area contributed by atoms with Crippen molar-refractivity contribution in [2.24, 2.45) is 0 Å². The molecule has 1 amide bonds. The summed E-state index contributed by atoms with van der Waals surface area (Å²) < 4.78 is 35.9. The van der Waals surface area contributed by atoms with Crippen LogP contribution in [-0.2, 0) is 16.4 Å². The number of benzene rings is 1. The van der Waals surface area contributed by atoms with E-state index in [-0.39, 0.29) is 4.90 Å². The average Bonchev–Trinajstić information content (AvgIpc) is 2.85. The summed E-state index contributed by atoms with van der Waals surface area (Å²) in [6.07, 6.45) is 1.55. The van der Waals surface area contributed by atoms with Crippen molar-refractivity contribution < 1.29 is 22.7 Å². The Morgan fingerprint density at radius 3 is 2.62 bits per heavy atom. The van der Waals surface area contributed by atoms with E-state index < -0.39 is 15.9 Å². The van der Waals surface area contributed by atoms with Gasteiger partial charge in [-0.05, 0) is 37.1 Å². The van der Waals surface area contributed by atoms with Gasteiger partial charge < -0.3 is 9.47 Å². The lowest BCUT2D eigenvalue weighted by Crippen LogP contribution is -2.41. The molecule has 0 spiro atoms. The second-order valence-electron chi connectivity index (χ2n) is 5.79. The van der Waals surface area contributed by atoms with Crippen LogP contribution in [0.2, 0.25) is 0 Å². The van der Waals surface area contributed by atoms with E-state index in [1.165, 1.54) is 23.5 Å². The number of thiophene rings is 1. The molecule has 0 saturated carbocycles. The Bertz CT molecular complexity index is 921. The Hall–Kier alpha value is -2.10. The molecule has 0 saturated heterocycles. The van der Waals surface area contributed by atoms with Gasteiger partial charge in [-0.25, -0.2) is 8.42 Å². The van der Waals surface area contributed by atoms with Gasteiger partial charge in [0.25, 0.3) is 15.9 Å². The number of carbonyl (C=O) groups excluding carboxylic acids is 1. The maximum Gasteiger partial charge on any atom is 0.276 e. The largest absolute Gasteiger partial charge is 0.490 e. The first kappa shape index (κ1) is 18.7. The number of amides is 1. The minimum absolute atomic E-state index is 0.0151. The van der Waals surface area contributed by atoms with E-state index in [2.05, 4.69) is 10.3 Å². The van der Waals surface area contributed by atoms with Crippen LogP contribution in [0.5, 0.6) is 11.5 Å². The van der Waals surface area contributed by atoms with E-state index in [1.54, 1.807) is 12.1 Å². The summed E-state index contributed by atoms with van der Waals surface area (Å²) >= 11 is 1.35. The van der Waals surface area contributed by atoms with Crippen molar-refractivity contribution in [3.63, 3.8) is 0 Å². The summed E-state index contributed by atoms with van der Waals surface area (Å²) in [5.74, 6) is 0.389. The zero-order valence-electron chi connectivity index (χ0n) is 14.5. The molecule has 2 heterocycles. The number of fused-ring (bicyclic) bond motifs is 1. The van der Waals surface area contributed by atoms with Gasteiger partial charge in [-0.1, -0.05) is 6.92 Å². The van der Waals surface area contributed by atoms with Crippen LogP contribution in [0.15, 0.2) is 29.2 Å². The number of hydrogen-bond donors (Lipinski definition) is 2. The van der Waals surface area contributed by atoms with Crippen molar-refractivity contribution >= 4 is 27.3 Å². The molecule has 2 N–H and O–H groups in total. The zero-order chi connectivity index (χ0) is 18.7. The molecule has 140 valence electrons. The molecule has 2 aromatic rings. The Balaban J connectivity index is 1.72. The Morgan fingerprint density at radius 2 is 1.92 bits per heavy atom. The van der Waals surface area contributed by atoms with E-state index in [0.717, 1.165) is 23.3 Å². The number of nitrogens with one attached hydrogen (secondary N) is 2. The van der Waals surface area contributed by atoms with E-state index in [0.29, 0.717) is 29.6 Å². The second-order valence-corrected chi connectivity index (χ2v) is 8.61. The van der Waals surface area contributed by atoms with Crippen LogP contribution >= 0.6 is 11.3 Å². The summed E-state index contributed by atoms with van der Waals surface area (Å²) in [5.41, 5.74) is 3.28. The first-order chi connectivity index (χ1) is 12.4. The summed E-state index contributed by atoms with van der Waals surface area (Å²) in [4.78, 5) is 15.9. The van der Waals surface area contributed by atoms with Crippen LogP contribution < -0.4 is 19.7 Å². The van der Waals surface area contributed by atoms with Crippen LogP contribution in [-0.4, -0.2) is 27.5 Å². The molecular formula is C17H20N2O5S2. The number of sulfonamides is 1. The lowest BCUT2D eigenvalue weighted by Gasteiger charge is -2.11. The Morgan fingerprint density at radius 1 is 1.19 bits per heavy atom. The maximum atomic E-state index is 12.4. The smallest absolute Gasteiger partial charge is 0.276 e. The fourth-order valence-electron chi connectivity index (χ4n) is 2.53. The molecule has 26 heavy (non-hydrogen) atoms. The van der Waals surface area contributed by atoms with Crippen molar-refractivity contribution in [3.05, 3.63) is 39.6 Å². The van der Waals surface area contributed by atoms with Crippen molar-refractivity contribution in [3.8, 4) is 11.5 Å². The third-order valence-electron chi connectivity index (χ3n) is 3.89. The van der Waals surface area contributed by atoms with Crippen molar-refractivity contribution in [1.82, 2.24) is 10.3 Å². The van der Waals surface area contributed by atoms with E-state index in [4.69, 9.17) is 9.47 Å². The number of rotatable bonds is 5. The molecule has 1 aromatic heterocycles. The molecule has 3 rings (SSSR count). The van der Waals surface area contributed by atoms with E-state index >= 15 is 0 Å². The van der Waals surface area contributed by atoms with Gasteiger partial charge in [0, 0.05) is 17.4 Å². The minimum Gasteiger partial charge on any atom is -0.490 e. The van der Waals surface area contributed by atoms with Crippen molar-refractivity contribution in [2.45, 2.75) is 31.6 Å². The van der Waals surface area contributed by atoms with Gasteiger partial charge in [0.1, 0.15) is 0 Å². The number of hydrogen-bond acceptors (Lipinski definition) is 6. The Kier molecular flexibility index (Phi) is 5.49. The monoisotopic (exact) mass is 396 g/mol. The second kappa shape index (κ2) is 7.65. The fraction of sp³-hybridized carbons (Fsp3) is 0.353. The summed E-state index contributed by atoms with van der Waals surface area (Å²) in [6, 6.07) is 6.10. The highest BCUT2D eigenvalue weighted by atomic mass is 32.2. The van der Waals surface area contributed by atoms with Crippen LogP contribution in [0.4, 0.5) is 0 Å². The molecule has 0 bridgehead atoms. The van der Waals surface area contributed by atoms with Crippen molar-refractivity contribution in [2.75, 3.05) is 13.2 Å². The predicted octanol–water partition coefficient (Wildman–Crippen LogP) is 2.40. The topological polar surface area (TPSA) is 93.7 Å². The number of aryl methyl sites for hydroxylation is 2. The van der Waals surface area contributed by atoms with Gasteiger partial charge >= 0.3 is 0 Å². The molecule has 1 aliphatic rings. The van der Waals surface area contributed by atoms with E-state index in [9.17, 15) is 13.2 Å². The summed E-state index contributed by atoms with van der Waals surface area (Å²) in [6.45, 7) is 4.91. The number of hydrazine groups is 1. The van der Waals surface area contributed by atoms with Gasteiger partial charge in [-0.2, -0.15) is 0 Å². The van der Waals surface area contributed by atoms with Gasteiger partial charge in [0.05, 0.1) is 23.0 Å². The third-order valence-corrected chi connectivity index (χ3v) is 6.52. The molecule has 0 unspecified atom stereocenters. The molecule has 1 aromatic carbocycles. The molecule has 1 aliphatic heterocycles. The van der Waals surface area contributed by atoms with Crippen LogP contribution in [0.25, 0.3) is 0 Å². The van der Waals surface area contributed by atoms with Gasteiger partial charge in [0.15, 0.2) is 11.5 Å². The van der Waals surface area contributed by atoms with Crippen LogP contribution in [0, 0.1) is 6.92 Å². The van der Waals surface area contributed by atoms with Gasteiger partial charge in [0.2, 0.25) is 0 Å². The zero-order valence-corrected chi connectivity index (χ0v) is 16.1. The quantitative estimate of drug-likeness (QED) is 0.757. The lowest BCUT2D eigenvalue weighted by molar-refractivity contribution is 0.0949. The molecule has 0 fully saturated rings. The number of carbonyl (C=O) groups is 1. The maximum absolute atomic E-state index is 12.4. The normalized spacial score (nSPS) is 13.9. The molecule has 9 heteroatoms. The van der Waals surface area contributed by atoms with Gasteiger partial charge in [-0.3, -0.25) is 10.2 Å². The van der Waals surface area contributed by atoms with Gasteiger partial charge in [-0.15, -0.1) is 16.2 Å². The summed E-state index contributed by atoms with van der Waals surface area (Å²) in [7, 11) is -3.93. The molecular weight excluding hydrogens is 376 g/mol. The predicted molar refractivity (Wildman–Crippen MR) is 98.3 cm³/mol. The SMILES string of the molecule is CCc1sc(C(=O)NNS(=O)(=O)c2ccc3c(c2)OCCCO3)cc1C. The lowest BCUT2D eigenvalue weighted by atomic mass is 10.2. The van der Waals surface area contributed by atoms with E-state index in [1.807, 2.05) is 13.8 Å². The standard InChI is InChI=1S/C17H20N2O5S2/c1-3-15-11(2)9-16(25-15)17(20)18-19-26(21,22)12-5-6-13-14(10-12)24-8-4-7-23-13/h5-6,9-10,19H,3-4,7-8H2,1-2H3,(H,18,20). The van der Waals surface area contributed by atoms with Crippen LogP contribution in [0.1, 0.15) is 33.5 Å². The first-order valence-electron chi connectivity index (χ1n) is 8.22. The highest BCUT2D eigenvalue weighted by molar-refractivity contribution is 7.89. The van der Waals surface area contributed by atoms with Crippen LogP contribution in [0.3, 0.4) is 0 Å². The minimum atomic E-state index is -3.93. The molecule has 0 radical (unpaired) electrons. The average molecular weight is 396 g/mol. The van der Waals surface area contributed by atoms with Crippen molar-refractivity contribution in [1.29, 1.82) is 0 Å². The molecule has 0 atom stereocenters. The fourth-order valence-corrected chi connectivity index (χ4v) is 4.39. The highest BCUT2D eigenvalue weighted by Crippen LogP contribution is 2.31. The molecule has 7 nitrogen and oxygen atoms in total. The highest BCUT2D eigenvalue weighted by Gasteiger charge is 2.20. The first-order valence-corrected chi connectivity index (χ1v) is 10.5. The number of ether oxygens (including phenoxy) is 2. The summed E-state index contributed by atoms with van der Waals surface area (Å²) in [5, 5.41) is 0. The third kappa shape index (κ3) is 4.00. The molecule has 0 aliphatic carbocycles. The Labute approximate surface area is 156 Å².